The summed E-state index contributed by atoms with van der Waals surface area (Å²) in [4.78, 5) is 25.3. The number of cyclic esters (lactones) is 1. The van der Waals surface area contributed by atoms with Crippen molar-refractivity contribution in [3.63, 3.8) is 0 Å². The Bertz CT molecular complexity index is 474. The lowest BCUT2D eigenvalue weighted by Gasteiger charge is -2.32. The Hall–Kier alpha value is -1.36. The van der Waals surface area contributed by atoms with E-state index in [-0.39, 0.29) is 24.0 Å². The minimum atomic E-state index is -0.796. The van der Waals surface area contributed by atoms with Crippen molar-refractivity contribution in [1.82, 2.24) is 4.90 Å². The van der Waals surface area contributed by atoms with Crippen LogP contribution in [0.3, 0.4) is 0 Å². The third kappa shape index (κ3) is 1.45. The molecule has 1 saturated carbocycles. The smallest absolute Gasteiger partial charge is 0.321 e. The number of carboxylic acids is 1. The lowest BCUT2D eigenvalue weighted by molar-refractivity contribution is -0.159. The van der Waals surface area contributed by atoms with E-state index in [0.717, 1.165) is 19.4 Å². The number of fused-ring (bicyclic) bond motifs is 5. The summed E-state index contributed by atoms with van der Waals surface area (Å²) >= 11 is 0. The molecule has 0 aromatic carbocycles. The standard InChI is InChI=1S/C14H17NO4/c16-13(17)9-2-1-5-15(9)12-10-7-3-4-8(6-7)11(10)14(18)19-12/h3-4,7-12H,1-2,5-6H2,(H,16,17)/t7?,8?,9-,10?,11?,12?/m0/s1. The van der Waals surface area contributed by atoms with Crippen LogP contribution in [0.4, 0.5) is 0 Å². The summed E-state index contributed by atoms with van der Waals surface area (Å²) < 4.78 is 5.56. The van der Waals surface area contributed by atoms with Crippen LogP contribution in [0.15, 0.2) is 12.2 Å². The molecule has 0 radical (unpaired) electrons. The molecular weight excluding hydrogens is 246 g/mol. The number of carbonyl (C=O) groups excluding carboxylic acids is 1. The van der Waals surface area contributed by atoms with E-state index in [1.807, 2.05) is 4.90 Å². The molecule has 2 aliphatic heterocycles. The first-order valence-electron chi connectivity index (χ1n) is 7.04. The summed E-state index contributed by atoms with van der Waals surface area (Å²) in [6, 6.07) is -0.486. The Morgan fingerprint density at radius 3 is 2.95 bits per heavy atom. The van der Waals surface area contributed by atoms with Crippen LogP contribution in [0.2, 0.25) is 0 Å². The van der Waals surface area contributed by atoms with Gasteiger partial charge in [-0.3, -0.25) is 14.5 Å². The first-order chi connectivity index (χ1) is 9.16. The SMILES string of the molecule is O=C1OC(N2CCC[C@H]2C(=O)O)C2C3C=CC(C3)C12. The highest BCUT2D eigenvalue weighted by atomic mass is 16.6. The summed E-state index contributed by atoms with van der Waals surface area (Å²) in [5.41, 5.74) is 0. The summed E-state index contributed by atoms with van der Waals surface area (Å²) in [5, 5.41) is 9.29. The second-order valence-corrected chi connectivity index (χ2v) is 6.11. The molecule has 102 valence electrons. The van der Waals surface area contributed by atoms with Gasteiger partial charge in [-0.2, -0.15) is 0 Å². The van der Waals surface area contributed by atoms with Gasteiger partial charge >= 0.3 is 11.9 Å². The van der Waals surface area contributed by atoms with Crippen molar-refractivity contribution in [3.8, 4) is 0 Å². The zero-order chi connectivity index (χ0) is 13.1. The number of hydrogen-bond donors (Lipinski definition) is 1. The topological polar surface area (TPSA) is 66.8 Å². The van der Waals surface area contributed by atoms with Gasteiger partial charge in [-0.25, -0.2) is 0 Å². The zero-order valence-corrected chi connectivity index (χ0v) is 10.6. The van der Waals surface area contributed by atoms with Crippen molar-refractivity contribution in [3.05, 3.63) is 12.2 Å². The van der Waals surface area contributed by atoms with E-state index in [2.05, 4.69) is 12.2 Å². The van der Waals surface area contributed by atoms with Crippen LogP contribution in [0, 0.1) is 23.7 Å². The second-order valence-electron chi connectivity index (χ2n) is 6.11. The number of nitrogens with zero attached hydrogens (tertiary/aromatic N) is 1. The second kappa shape index (κ2) is 3.82. The Morgan fingerprint density at radius 2 is 2.16 bits per heavy atom. The summed E-state index contributed by atoms with van der Waals surface area (Å²) in [6.07, 6.45) is 6.56. The molecule has 5 heteroatoms. The van der Waals surface area contributed by atoms with Crippen LogP contribution in [-0.4, -0.2) is 40.8 Å². The van der Waals surface area contributed by atoms with E-state index in [1.165, 1.54) is 0 Å². The van der Waals surface area contributed by atoms with Crippen molar-refractivity contribution < 1.29 is 19.4 Å². The van der Waals surface area contributed by atoms with Gasteiger partial charge in [0.15, 0.2) is 6.23 Å². The number of allylic oxidation sites excluding steroid dienone is 2. The lowest BCUT2D eigenvalue weighted by atomic mass is 9.83. The minimum absolute atomic E-state index is 0.0324. The van der Waals surface area contributed by atoms with Gasteiger partial charge in [0.05, 0.1) is 5.92 Å². The van der Waals surface area contributed by atoms with E-state index in [4.69, 9.17) is 4.74 Å². The number of hydrogen-bond acceptors (Lipinski definition) is 4. The normalized spacial score (nSPS) is 47.7. The van der Waals surface area contributed by atoms with Gasteiger partial charge < -0.3 is 9.84 Å². The quantitative estimate of drug-likeness (QED) is 0.591. The van der Waals surface area contributed by atoms with Crippen molar-refractivity contribution in [2.24, 2.45) is 23.7 Å². The van der Waals surface area contributed by atoms with Crippen LogP contribution in [-0.2, 0) is 14.3 Å². The molecule has 4 rings (SSSR count). The average Bonchev–Trinajstić information content (AvgIpc) is 3.09. The van der Waals surface area contributed by atoms with Crippen LogP contribution in [0.25, 0.3) is 0 Å². The van der Waals surface area contributed by atoms with Gasteiger partial charge in [0.1, 0.15) is 6.04 Å². The predicted octanol–water partition coefficient (Wildman–Crippen LogP) is 0.857. The molecule has 5 unspecified atom stereocenters. The molecule has 2 bridgehead atoms. The molecular formula is C14H17NO4. The summed E-state index contributed by atoms with van der Waals surface area (Å²) in [6.45, 7) is 0.721. The van der Waals surface area contributed by atoms with E-state index in [9.17, 15) is 14.7 Å². The maximum absolute atomic E-state index is 12.1. The Kier molecular flexibility index (Phi) is 2.31. The van der Waals surface area contributed by atoms with Crippen LogP contribution in [0.5, 0.6) is 0 Å². The molecule has 0 amide bonds. The molecule has 0 aromatic heterocycles. The number of carbonyl (C=O) groups is 2. The fraction of sp³-hybridized carbons (Fsp3) is 0.714. The van der Waals surface area contributed by atoms with Crippen LogP contribution < -0.4 is 0 Å². The largest absolute Gasteiger partial charge is 0.480 e. The Labute approximate surface area is 111 Å². The average molecular weight is 263 g/mol. The zero-order valence-electron chi connectivity index (χ0n) is 10.6. The molecule has 0 aromatic rings. The van der Waals surface area contributed by atoms with E-state index in [1.54, 1.807) is 0 Å². The molecule has 2 aliphatic carbocycles. The molecule has 1 N–H and O–H groups in total. The van der Waals surface area contributed by atoms with Gasteiger partial charge in [-0.15, -0.1) is 0 Å². The van der Waals surface area contributed by atoms with Crippen LogP contribution >= 0.6 is 0 Å². The van der Waals surface area contributed by atoms with Gasteiger partial charge in [0.2, 0.25) is 0 Å². The Morgan fingerprint density at radius 1 is 1.37 bits per heavy atom. The maximum Gasteiger partial charge on any atom is 0.321 e. The van der Waals surface area contributed by atoms with Gasteiger partial charge in [0, 0.05) is 12.5 Å². The van der Waals surface area contributed by atoms with Crippen LogP contribution in [0.1, 0.15) is 19.3 Å². The maximum atomic E-state index is 12.1. The summed E-state index contributed by atoms with van der Waals surface area (Å²) in [5.74, 6) is -0.0732. The predicted molar refractivity (Wildman–Crippen MR) is 65.0 cm³/mol. The van der Waals surface area contributed by atoms with Gasteiger partial charge in [0.25, 0.3) is 0 Å². The highest BCUT2D eigenvalue weighted by Gasteiger charge is 2.60. The fourth-order valence-electron chi connectivity index (χ4n) is 4.50. The molecule has 4 aliphatic rings. The third-order valence-electron chi connectivity index (χ3n) is 5.26. The molecule has 2 heterocycles. The van der Waals surface area contributed by atoms with Crippen molar-refractivity contribution in [1.29, 1.82) is 0 Å². The third-order valence-corrected chi connectivity index (χ3v) is 5.26. The molecule has 0 spiro atoms. The number of aliphatic carboxylic acids is 1. The first kappa shape index (κ1) is 11.5. The number of esters is 1. The monoisotopic (exact) mass is 263 g/mol. The molecule has 2 saturated heterocycles. The number of ether oxygens (including phenoxy) is 1. The van der Waals surface area contributed by atoms with E-state index in [0.29, 0.717) is 18.3 Å². The molecule has 6 atom stereocenters. The van der Waals surface area contributed by atoms with Gasteiger partial charge in [-0.1, -0.05) is 12.2 Å². The lowest BCUT2D eigenvalue weighted by Crippen LogP contribution is -2.47. The van der Waals surface area contributed by atoms with E-state index < -0.39 is 12.0 Å². The Balaban J connectivity index is 1.64. The number of rotatable bonds is 2. The highest BCUT2D eigenvalue weighted by molar-refractivity contribution is 5.78. The molecule has 19 heavy (non-hydrogen) atoms. The van der Waals surface area contributed by atoms with E-state index >= 15 is 0 Å². The number of likely N-dealkylation sites (tertiary alicyclic amines) is 1. The van der Waals surface area contributed by atoms with Crippen molar-refractivity contribution in [2.75, 3.05) is 6.54 Å². The minimum Gasteiger partial charge on any atom is -0.480 e. The van der Waals surface area contributed by atoms with Crippen molar-refractivity contribution in [2.45, 2.75) is 31.5 Å². The first-order valence-corrected chi connectivity index (χ1v) is 7.04. The van der Waals surface area contributed by atoms with Crippen molar-refractivity contribution >= 4 is 11.9 Å². The van der Waals surface area contributed by atoms with Gasteiger partial charge in [-0.05, 0) is 31.1 Å². The number of carboxylic acid groups (broad SMARTS) is 1. The highest BCUT2D eigenvalue weighted by Crippen LogP contribution is 2.54. The summed E-state index contributed by atoms with van der Waals surface area (Å²) in [7, 11) is 0. The molecule has 3 fully saturated rings. The fourth-order valence-corrected chi connectivity index (χ4v) is 4.50. The molecule has 5 nitrogen and oxygen atoms in total.